The van der Waals surface area contributed by atoms with Gasteiger partial charge < -0.3 is 19.3 Å². The zero-order chi connectivity index (χ0) is 25.7. The third kappa shape index (κ3) is 6.30. The lowest BCUT2D eigenvalue weighted by Crippen LogP contribution is -2.64. The number of H-pyrrole nitrogens is 1. The second-order valence-electron chi connectivity index (χ2n) is 10.5. The largest absolute Gasteiger partial charge is 0.443 e. The molecule has 0 saturated carbocycles. The molecule has 1 aromatic heterocycles. The van der Waals surface area contributed by atoms with Gasteiger partial charge in [-0.2, -0.15) is 0 Å². The number of benzene rings is 1. The molecule has 0 radical (unpaired) electrons. The number of hydrogen-bond donors (Lipinski definition) is 2. The van der Waals surface area contributed by atoms with Gasteiger partial charge in [-0.05, 0) is 66.0 Å². The molecule has 0 unspecified atom stereocenters. The van der Waals surface area contributed by atoms with Crippen molar-refractivity contribution in [2.45, 2.75) is 97.3 Å². The fourth-order valence-corrected chi connectivity index (χ4v) is 4.14. The summed E-state index contributed by atoms with van der Waals surface area (Å²) in [6.07, 6.45) is 2.56. The SMILES string of the molecule is CCC[C@H](c1c[nH]c2ccccc12)[C@](C=O)(CC)N(NC(=O)OC(C)(C)C)C(=O)OC(C)(C)C. The number of aldehydes is 1. The molecule has 0 aliphatic rings. The van der Waals surface area contributed by atoms with Crippen molar-refractivity contribution in [2.24, 2.45) is 0 Å². The van der Waals surface area contributed by atoms with E-state index >= 15 is 0 Å². The van der Waals surface area contributed by atoms with Gasteiger partial charge in [0.2, 0.25) is 0 Å². The fourth-order valence-electron chi connectivity index (χ4n) is 4.14. The molecular formula is C26H39N3O5. The van der Waals surface area contributed by atoms with Crippen molar-refractivity contribution < 1.29 is 23.9 Å². The van der Waals surface area contributed by atoms with Gasteiger partial charge in [-0.3, -0.25) is 0 Å². The van der Waals surface area contributed by atoms with Crippen LogP contribution in [0.3, 0.4) is 0 Å². The van der Waals surface area contributed by atoms with Gasteiger partial charge in [0.05, 0.1) is 0 Å². The van der Waals surface area contributed by atoms with Crippen molar-refractivity contribution in [3.63, 3.8) is 0 Å². The number of aromatic amines is 1. The van der Waals surface area contributed by atoms with E-state index in [1.165, 1.54) is 0 Å². The Morgan fingerprint density at radius 2 is 1.68 bits per heavy atom. The highest BCUT2D eigenvalue weighted by atomic mass is 16.6. The first kappa shape index (κ1) is 27.2. The monoisotopic (exact) mass is 473 g/mol. The summed E-state index contributed by atoms with van der Waals surface area (Å²) in [7, 11) is 0. The molecule has 188 valence electrons. The van der Waals surface area contributed by atoms with Gasteiger partial charge in [-0.25, -0.2) is 20.0 Å². The van der Waals surface area contributed by atoms with Crippen LogP contribution < -0.4 is 5.43 Å². The highest BCUT2D eigenvalue weighted by Crippen LogP contribution is 2.41. The van der Waals surface area contributed by atoms with Crippen LogP contribution in [0, 0.1) is 0 Å². The van der Waals surface area contributed by atoms with Gasteiger partial charge >= 0.3 is 12.2 Å². The second-order valence-corrected chi connectivity index (χ2v) is 10.5. The van der Waals surface area contributed by atoms with Crippen LogP contribution in [0.15, 0.2) is 30.5 Å². The summed E-state index contributed by atoms with van der Waals surface area (Å²) in [5.74, 6) is -0.418. The zero-order valence-electron chi connectivity index (χ0n) is 21.7. The minimum Gasteiger partial charge on any atom is -0.443 e. The number of nitrogens with zero attached hydrogens (tertiary/aromatic N) is 1. The third-order valence-electron chi connectivity index (χ3n) is 5.54. The third-order valence-corrected chi connectivity index (χ3v) is 5.54. The molecule has 2 N–H and O–H groups in total. The molecule has 2 amide bonds. The van der Waals surface area contributed by atoms with Crippen molar-refractivity contribution in [3.8, 4) is 0 Å². The molecule has 8 nitrogen and oxygen atoms in total. The topological polar surface area (TPSA) is 101 Å². The molecule has 0 aliphatic heterocycles. The van der Waals surface area contributed by atoms with E-state index < -0.39 is 34.8 Å². The van der Waals surface area contributed by atoms with Gasteiger partial charge in [-0.1, -0.05) is 38.5 Å². The lowest BCUT2D eigenvalue weighted by molar-refractivity contribution is -0.123. The number of nitrogens with one attached hydrogen (secondary N) is 2. The summed E-state index contributed by atoms with van der Waals surface area (Å²) in [6.45, 7) is 14.2. The molecule has 2 aromatic rings. The van der Waals surface area contributed by atoms with Gasteiger partial charge in [-0.15, -0.1) is 0 Å². The van der Waals surface area contributed by atoms with Crippen LogP contribution in [-0.2, 0) is 14.3 Å². The Kier molecular flexibility index (Phi) is 8.40. The van der Waals surface area contributed by atoms with Crippen LogP contribution >= 0.6 is 0 Å². The fraction of sp³-hybridized carbons (Fsp3) is 0.577. The number of ether oxygens (including phenoxy) is 2. The summed E-state index contributed by atoms with van der Waals surface area (Å²) in [6, 6.07) is 7.80. The quantitative estimate of drug-likeness (QED) is 0.375. The first-order chi connectivity index (χ1) is 15.8. The van der Waals surface area contributed by atoms with E-state index in [1.54, 1.807) is 41.5 Å². The predicted molar refractivity (Wildman–Crippen MR) is 132 cm³/mol. The molecule has 8 heteroatoms. The molecule has 0 fully saturated rings. The van der Waals surface area contributed by atoms with Crippen LogP contribution in [0.2, 0.25) is 0 Å². The Morgan fingerprint density at radius 3 is 2.21 bits per heavy atom. The summed E-state index contributed by atoms with van der Waals surface area (Å²) >= 11 is 0. The number of hydrazine groups is 1. The smallest absolute Gasteiger partial charge is 0.430 e. The van der Waals surface area contributed by atoms with E-state index in [0.29, 0.717) is 6.42 Å². The first-order valence-electron chi connectivity index (χ1n) is 11.8. The molecule has 2 rings (SSSR count). The maximum atomic E-state index is 13.4. The van der Waals surface area contributed by atoms with Crippen molar-refractivity contribution >= 4 is 29.4 Å². The van der Waals surface area contributed by atoms with Crippen molar-refractivity contribution in [3.05, 3.63) is 36.0 Å². The molecule has 0 aliphatic carbocycles. The number of carbonyl (C=O) groups excluding carboxylic acids is 3. The lowest BCUT2D eigenvalue weighted by atomic mass is 9.75. The van der Waals surface area contributed by atoms with Crippen molar-refractivity contribution in [1.82, 2.24) is 15.4 Å². The predicted octanol–water partition coefficient (Wildman–Crippen LogP) is 6.08. The number of carbonyl (C=O) groups is 3. The Labute approximate surface area is 202 Å². The van der Waals surface area contributed by atoms with E-state index in [0.717, 1.165) is 34.2 Å². The zero-order valence-corrected chi connectivity index (χ0v) is 21.7. The Bertz CT molecular complexity index is 1000. The summed E-state index contributed by atoms with van der Waals surface area (Å²) in [4.78, 5) is 42.4. The van der Waals surface area contributed by atoms with Gasteiger partial charge in [0.25, 0.3) is 0 Å². The highest BCUT2D eigenvalue weighted by Gasteiger charge is 2.49. The number of hydrogen-bond acceptors (Lipinski definition) is 5. The summed E-state index contributed by atoms with van der Waals surface area (Å²) < 4.78 is 11.0. The average molecular weight is 474 g/mol. The Morgan fingerprint density at radius 1 is 1.06 bits per heavy atom. The molecule has 2 atom stereocenters. The maximum Gasteiger partial charge on any atom is 0.430 e. The molecular weight excluding hydrogens is 434 g/mol. The van der Waals surface area contributed by atoms with Crippen LogP contribution in [0.25, 0.3) is 10.9 Å². The Balaban J connectivity index is 2.66. The summed E-state index contributed by atoms with van der Waals surface area (Å²) in [5.41, 5.74) is 1.32. The molecule has 0 bridgehead atoms. The Hall–Kier alpha value is -3.03. The normalized spacial score (nSPS) is 14.7. The first-order valence-corrected chi connectivity index (χ1v) is 11.8. The van der Waals surface area contributed by atoms with Gasteiger partial charge in [0.15, 0.2) is 0 Å². The molecule has 1 heterocycles. The molecule has 0 spiro atoms. The van der Waals surface area contributed by atoms with Crippen LogP contribution in [0.4, 0.5) is 9.59 Å². The number of rotatable bonds is 7. The standard InChI is InChI=1S/C26H39N3O5/c1-9-13-20(19-16-27-21-15-12-11-14-18(19)21)26(10-2,17-30)29(23(32)34-25(6,7)8)28-22(31)33-24(3,4)5/h11-12,14-17,20,27H,9-10,13H2,1-8H3,(H,28,31)/t20-,26-/m1/s1. The second kappa shape index (κ2) is 10.5. The van der Waals surface area contributed by atoms with Gasteiger partial charge in [0, 0.05) is 23.0 Å². The lowest BCUT2D eigenvalue weighted by Gasteiger charge is -2.44. The highest BCUT2D eigenvalue weighted by molar-refractivity contribution is 5.86. The average Bonchev–Trinajstić information content (AvgIpc) is 3.14. The minimum absolute atomic E-state index is 0.246. The van der Waals surface area contributed by atoms with Gasteiger partial charge in [0.1, 0.15) is 23.0 Å². The van der Waals surface area contributed by atoms with Crippen LogP contribution in [-0.4, -0.2) is 45.2 Å². The molecule has 0 saturated heterocycles. The molecule has 34 heavy (non-hydrogen) atoms. The van der Waals surface area contributed by atoms with E-state index in [2.05, 4.69) is 10.4 Å². The van der Waals surface area contributed by atoms with Crippen molar-refractivity contribution in [2.75, 3.05) is 0 Å². The summed E-state index contributed by atoms with van der Waals surface area (Å²) in [5, 5.41) is 1.99. The number of para-hydroxylation sites is 1. The van der Waals surface area contributed by atoms with Crippen LogP contribution in [0.5, 0.6) is 0 Å². The minimum atomic E-state index is -1.42. The van der Waals surface area contributed by atoms with Crippen LogP contribution in [0.1, 0.15) is 86.1 Å². The van der Waals surface area contributed by atoms with E-state index in [-0.39, 0.29) is 6.42 Å². The van der Waals surface area contributed by atoms with E-state index in [1.807, 2.05) is 44.3 Å². The maximum absolute atomic E-state index is 13.4. The van der Waals surface area contributed by atoms with E-state index in [9.17, 15) is 14.4 Å². The number of aromatic nitrogens is 1. The number of fused-ring (bicyclic) bond motifs is 1. The van der Waals surface area contributed by atoms with Crippen molar-refractivity contribution in [1.29, 1.82) is 0 Å². The molecule has 1 aromatic carbocycles. The number of amides is 2. The van der Waals surface area contributed by atoms with E-state index in [4.69, 9.17) is 9.47 Å².